The van der Waals surface area contributed by atoms with Crippen LogP contribution < -0.4 is 0 Å². The van der Waals surface area contributed by atoms with Crippen molar-refractivity contribution in [3.05, 3.63) is 0 Å². The second-order valence-corrected chi connectivity index (χ2v) is 2.68. The average Bonchev–Trinajstić information content (AvgIpc) is 1.65. The molecule has 0 unspecified atom stereocenters. The molecule has 0 saturated carbocycles. The fraction of sp³-hybridized carbons (Fsp3) is 1.00. The van der Waals surface area contributed by atoms with Gasteiger partial charge in [0, 0.05) is 0 Å². The normalized spacial score (nSPS) is 27.8. The summed E-state index contributed by atoms with van der Waals surface area (Å²) in [6, 6.07) is 0. The van der Waals surface area contributed by atoms with Crippen LogP contribution in [0.2, 0.25) is 0 Å². The van der Waals surface area contributed by atoms with Gasteiger partial charge in [0.05, 0.1) is 12.2 Å². The van der Waals surface area contributed by atoms with Crippen molar-refractivity contribution in [2.75, 3.05) is 13.4 Å². The van der Waals surface area contributed by atoms with Gasteiger partial charge in [-0.25, -0.2) is 0 Å². The lowest BCUT2D eigenvalue weighted by atomic mass is 10.1. The molecule has 0 atom stereocenters. The van der Waals surface area contributed by atoms with Crippen LogP contribution in [0.15, 0.2) is 0 Å². The molecule has 0 aliphatic carbocycles. The smallest absolute Gasteiger partial charge is 0.147 e. The summed E-state index contributed by atoms with van der Waals surface area (Å²) in [7, 11) is 0. The number of hydrogen-bond donors (Lipinski definition) is 0. The summed E-state index contributed by atoms with van der Waals surface area (Å²) in [4.78, 5) is 0. The van der Waals surface area contributed by atoms with Gasteiger partial charge in [-0.2, -0.15) is 0 Å². The molecule has 1 aliphatic heterocycles. The van der Waals surface area contributed by atoms with Crippen LogP contribution in [0.3, 0.4) is 0 Å². The van der Waals surface area contributed by atoms with Crippen LogP contribution >= 0.6 is 0 Å². The van der Waals surface area contributed by atoms with E-state index in [0.29, 0.717) is 6.79 Å². The van der Waals surface area contributed by atoms with E-state index < -0.39 is 0 Å². The Bertz CT molecular complexity index is 70.6. The molecule has 0 spiro atoms. The van der Waals surface area contributed by atoms with Gasteiger partial charge in [0.2, 0.25) is 0 Å². The van der Waals surface area contributed by atoms with Gasteiger partial charge < -0.3 is 9.47 Å². The quantitative estimate of drug-likeness (QED) is 0.473. The van der Waals surface area contributed by atoms with Crippen molar-refractivity contribution in [1.82, 2.24) is 0 Å². The summed E-state index contributed by atoms with van der Waals surface area (Å²) in [6.07, 6.45) is 1.01. The number of hydrogen-bond acceptors (Lipinski definition) is 2. The third-order valence-electron chi connectivity index (χ3n) is 1.38. The zero-order valence-electron chi connectivity index (χ0n) is 5.44. The van der Waals surface area contributed by atoms with Crippen LogP contribution in [0.4, 0.5) is 0 Å². The maximum absolute atomic E-state index is 5.24. The first-order chi connectivity index (χ1) is 3.71. The Morgan fingerprint density at radius 1 is 1.38 bits per heavy atom. The van der Waals surface area contributed by atoms with Crippen molar-refractivity contribution in [1.29, 1.82) is 0 Å². The minimum atomic E-state index is 0.0538. The van der Waals surface area contributed by atoms with Crippen molar-refractivity contribution < 1.29 is 9.47 Å². The lowest BCUT2D eigenvalue weighted by Crippen LogP contribution is -2.32. The molecule has 0 radical (unpaired) electrons. The Labute approximate surface area is 49.8 Å². The third-order valence-corrected chi connectivity index (χ3v) is 1.38. The van der Waals surface area contributed by atoms with E-state index in [2.05, 4.69) is 13.8 Å². The molecule has 1 saturated heterocycles. The van der Waals surface area contributed by atoms with E-state index >= 15 is 0 Å². The van der Waals surface area contributed by atoms with E-state index in [1.165, 1.54) is 0 Å². The lowest BCUT2D eigenvalue weighted by Gasteiger charge is -2.29. The molecule has 1 rings (SSSR count). The molecule has 2 nitrogen and oxygen atoms in total. The van der Waals surface area contributed by atoms with Crippen LogP contribution in [0, 0.1) is 0 Å². The van der Waals surface area contributed by atoms with Crippen molar-refractivity contribution in [3.8, 4) is 0 Å². The minimum Gasteiger partial charge on any atom is -0.355 e. The van der Waals surface area contributed by atoms with Crippen LogP contribution in [-0.4, -0.2) is 19.0 Å². The van der Waals surface area contributed by atoms with Gasteiger partial charge in [0.1, 0.15) is 6.79 Å². The van der Waals surface area contributed by atoms with Crippen molar-refractivity contribution >= 4 is 0 Å². The standard InChI is InChI=1S/C6H12O2/c1-6(2)3-4-7-5-8-6/h3-5H2,1-2H3. The highest BCUT2D eigenvalue weighted by atomic mass is 16.7. The first kappa shape index (κ1) is 6.05. The first-order valence-corrected chi connectivity index (χ1v) is 2.92. The molecule has 0 bridgehead atoms. The predicted octanol–water partition coefficient (Wildman–Crippen LogP) is 1.16. The molecule has 0 aromatic rings. The molecule has 2 heteroatoms. The maximum Gasteiger partial charge on any atom is 0.147 e. The summed E-state index contributed by atoms with van der Waals surface area (Å²) < 4.78 is 10.2. The topological polar surface area (TPSA) is 18.5 Å². The summed E-state index contributed by atoms with van der Waals surface area (Å²) in [5, 5.41) is 0. The van der Waals surface area contributed by atoms with E-state index in [1.807, 2.05) is 0 Å². The Kier molecular flexibility index (Phi) is 1.54. The van der Waals surface area contributed by atoms with Crippen molar-refractivity contribution in [3.63, 3.8) is 0 Å². The number of rotatable bonds is 0. The zero-order valence-corrected chi connectivity index (χ0v) is 5.44. The Morgan fingerprint density at radius 3 is 2.38 bits per heavy atom. The molecule has 0 N–H and O–H groups in total. The third kappa shape index (κ3) is 1.46. The summed E-state index contributed by atoms with van der Waals surface area (Å²) in [5.74, 6) is 0. The highest BCUT2D eigenvalue weighted by molar-refractivity contribution is 4.68. The summed E-state index contributed by atoms with van der Waals surface area (Å²) >= 11 is 0. The molecule has 1 aliphatic rings. The van der Waals surface area contributed by atoms with Crippen molar-refractivity contribution in [2.45, 2.75) is 25.9 Å². The van der Waals surface area contributed by atoms with Crippen LogP contribution in [-0.2, 0) is 9.47 Å². The van der Waals surface area contributed by atoms with Crippen LogP contribution in [0.1, 0.15) is 20.3 Å². The molecule has 0 amide bonds. The highest BCUT2D eigenvalue weighted by Gasteiger charge is 2.21. The zero-order chi connectivity index (χ0) is 6.04. The SMILES string of the molecule is CC1(C)CCOCO1. The molecule has 0 aromatic carbocycles. The van der Waals surface area contributed by atoms with Gasteiger partial charge in [-0.15, -0.1) is 0 Å². The number of ether oxygens (including phenoxy) is 2. The minimum absolute atomic E-state index is 0.0538. The molecule has 48 valence electrons. The molecule has 1 fully saturated rings. The van der Waals surface area contributed by atoms with E-state index in [9.17, 15) is 0 Å². The van der Waals surface area contributed by atoms with E-state index in [1.54, 1.807) is 0 Å². The van der Waals surface area contributed by atoms with Gasteiger partial charge in [-0.05, 0) is 20.3 Å². The molecule has 0 aromatic heterocycles. The predicted molar refractivity (Wildman–Crippen MR) is 30.6 cm³/mol. The molecular formula is C6H12O2. The average molecular weight is 116 g/mol. The summed E-state index contributed by atoms with van der Waals surface area (Å²) in [6.45, 7) is 5.46. The Hall–Kier alpha value is -0.0800. The van der Waals surface area contributed by atoms with Crippen molar-refractivity contribution in [2.24, 2.45) is 0 Å². The van der Waals surface area contributed by atoms with Crippen LogP contribution in [0.25, 0.3) is 0 Å². The van der Waals surface area contributed by atoms with Gasteiger partial charge in [0.15, 0.2) is 0 Å². The van der Waals surface area contributed by atoms with E-state index in [-0.39, 0.29) is 5.60 Å². The largest absolute Gasteiger partial charge is 0.355 e. The van der Waals surface area contributed by atoms with E-state index in [0.717, 1.165) is 13.0 Å². The molecule has 1 heterocycles. The van der Waals surface area contributed by atoms with Gasteiger partial charge in [-0.3, -0.25) is 0 Å². The van der Waals surface area contributed by atoms with Gasteiger partial charge in [-0.1, -0.05) is 0 Å². The fourth-order valence-corrected chi connectivity index (χ4v) is 0.650. The maximum atomic E-state index is 5.24. The Morgan fingerprint density at radius 2 is 2.12 bits per heavy atom. The van der Waals surface area contributed by atoms with Crippen LogP contribution in [0.5, 0.6) is 0 Å². The molecule has 8 heavy (non-hydrogen) atoms. The summed E-state index contributed by atoms with van der Waals surface area (Å²) in [5.41, 5.74) is 0.0538. The van der Waals surface area contributed by atoms with Gasteiger partial charge in [0.25, 0.3) is 0 Å². The second kappa shape index (κ2) is 2.03. The monoisotopic (exact) mass is 116 g/mol. The second-order valence-electron chi connectivity index (χ2n) is 2.68. The van der Waals surface area contributed by atoms with E-state index in [4.69, 9.17) is 9.47 Å². The van der Waals surface area contributed by atoms with Gasteiger partial charge >= 0.3 is 0 Å². The highest BCUT2D eigenvalue weighted by Crippen LogP contribution is 2.17. The molecular weight excluding hydrogens is 104 g/mol. The lowest BCUT2D eigenvalue weighted by molar-refractivity contribution is -0.178. The first-order valence-electron chi connectivity index (χ1n) is 2.92. The Balaban J connectivity index is 2.33. The fourth-order valence-electron chi connectivity index (χ4n) is 0.650.